The van der Waals surface area contributed by atoms with Gasteiger partial charge < -0.3 is 9.47 Å². The number of aromatic amines is 1. The van der Waals surface area contributed by atoms with Gasteiger partial charge in [-0.1, -0.05) is 35.9 Å². The summed E-state index contributed by atoms with van der Waals surface area (Å²) in [5.74, 6) is 2.05. The van der Waals surface area contributed by atoms with Gasteiger partial charge in [-0.2, -0.15) is 5.21 Å². The van der Waals surface area contributed by atoms with Gasteiger partial charge in [0.1, 0.15) is 24.7 Å². The lowest BCUT2D eigenvalue weighted by atomic mass is 10.2. The fourth-order valence-electron chi connectivity index (χ4n) is 2.97. The molecule has 3 aromatic rings. The van der Waals surface area contributed by atoms with Crippen LogP contribution in [-0.4, -0.2) is 51.8 Å². The molecule has 1 N–H and O–H groups in total. The van der Waals surface area contributed by atoms with E-state index in [0.717, 1.165) is 42.3 Å². The second-order valence-corrected chi connectivity index (χ2v) is 6.34. The predicted octanol–water partition coefficient (Wildman–Crippen LogP) is 2.79. The Morgan fingerprint density at radius 3 is 3.00 bits per heavy atom. The Labute approximate surface area is 155 Å². The maximum absolute atomic E-state index is 6.23. The van der Waals surface area contributed by atoms with E-state index >= 15 is 0 Å². The van der Waals surface area contributed by atoms with Crippen LogP contribution in [0.15, 0.2) is 42.5 Å². The summed E-state index contributed by atoms with van der Waals surface area (Å²) < 4.78 is 11.8. The van der Waals surface area contributed by atoms with Crippen molar-refractivity contribution in [2.45, 2.75) is 6.54 Å². The number of tetrazole rings is 1. The van der Waals surface area contributed by atoms with Crippen LogP contribution in [0.5, 0.6) is 11.5 Å². The van der Waals surface area contributed by atoms with Crippen LogP contribution < -0.4 is 9.47 Å². The zero-order valence-electron chi connectivity index (χ0n) is 14.1. The average molecular weight is 372 g/mol. The lowest BCUT2D eigenvalue weighted by Gasteiger charge is -2.19. The minimum Gasteiger partial charge on any atom is -0.491 e. The topological polar surface area (TPSA) is 76.2 Å². The van der Waals surface area contributed by atoms with E-state index in [1.165, 1.54) is 0 Å². The molecule has 1 aliphatic rings. The van der Waals surface area contributed by atoms with Crippen molar-refractivity contribution in [1.82, 2.24) is 25.5 Å². The summed E-state index contributed by atoms with van der Waals surface area (Å²) in [6.07, 6.45) is 0. The summed E-state index contributed by atoms with van der Waals surface area (Å²) in [5.41, 5.74) is 1.92. The summed E-state index contributed by atoms with van der Waals surface area (Å²) in [7, 11) is 0. The first-order chi connectivity index (χ1) is 12.8. The monoisotopic (exact) mass is 371 g/mol. The van der Waals surface area contributed by atoms with Crippen LogP contribution in [0.25, 0.3) is 11.4 Å². The molecular weight excluding hydrogens is 354 g/mol. The molecule has 0 spiro atoms. The molecule has 1 aliphatic heterocycles. The third kappa shape index (κ3) is 3.63. The maximum Gasteiger partial charge on any atom is 0.208 e. The van der Waals surface area contributed by atoms with Gasteiger partial charge in [0.05, 0.1) is 10.6 Å². The highest BCUT2D eigenvalue weighted by molar-refractivity contribution is 6.32. The van der Waals surface area contributed by atoms with Crippen LogP contribution in [0.3, 0.4) is 0 Å². The fourth-order valence-corrected chi connectivity index (χ4v) is 3.21. The Morgan fingerprint density at radius 2 is 2.12 bits per heavy atom. The molecule has 0 saturated carbocycles. The molecule has 1 aromatic heterocycles. The number of fused-ring (bicyclic) bond motifs is 1. The molecule has 2 heterocycles. The largest absolute Gasteiger partial charge is 0.491 e. The number of aromatic nitrogens is 4. The molecule has 0 fully saturated rings. The van der Waals surface area contributed by atoms with Crippen molar-refractivity contribution in [1.29, 1.82) is 0 Å². The minimum atomic E-state index is 0.521. The van der Waals surface area contributed by atoms with Gasteiger partial charge in [-0.15, -0.1) is 10.2 Å². The minimum absolute atomic E-state index is 0.521. The van der Waals surface area contributed by atoms with Crippen molar-refractivity contribution < 1.29 is 9.47 Å². The molecule has 2 aromatic carbocycles. The van der Waals surface area contributed by atoms with Crippen molar-refractivity contribution in [2.24, 2.45) is 0 Å². The molecule has 0 atom stereocenters. The first kappa shape index (κ1) is 16.8. The Morgan fingerprint density at radius 1 is 1.19 bits per heavy atom. The normalized spacial score (nSPS) is 14.3. The van der Waals surface area contributed by atoms with Crippen LogP contribution in [-0.2, 0) is 6.54 Å². The summed E-state index contributed by atoms with van der Waals surface area (Å²) in [6.45, 7) is 3.53. The molecule has 0 saturated heterocycles. The molecule has 0 amide bonds. The average Bonchev–Trinajstić information content (AvgIpc) is 3.10. The van der Waals surface area contributed by atoms with Gasteiger partial charge in [0.2, 0.25) is 5.82 Å². The van der Waals surface area contributed by atoms with Crippen LogP contribution in [0.2, 0.25) is 5.02 Å². The maximum atomic E-state index is 6.23. The molecule has 0 radical (unpaired) electrons. The number of rotatable bonds is 5. The van der Waals surface area contributed by atoms with E-state index in [-0.39, 0.29) is 0 Å². The molecular formula is C18H18ClN5O2. The molecule has 7 nitrogen and oxygen atoms in total. The number of benzene rings is 2. The number of nitrogens with zero attached hydrogens (tertiary/aromatic N) is 4. The summed E-state index contributed by atoms with van der Waals surface area (Å²) in [4.78, 5) is 2.29. The highest BCUT2D eigenvalue weighted by atomic mass is 35.5. The van der Waals surface area contributed by atoms with Crippen molar-refractivity contribution >= 4 is 11.6 Å². The van der Waals surface area contributed by atoms with E-state index in [1.54, 1.807) is 0 Å². The van der Waals surface area contributed by atoms with Crippen molar-refractivity contribution in [2.75, 3.05) is 26.3 Å². The van der Waals surface area contributed by atoms with Gasteiger partial charge in [-0.3, -0.25) is 4.90 Å². The standard InChI is InChI=1S/C18H18ClN5O2/c19-15-6-3-4-13-12-24(9-11-26-17(13)15)8-10-25-16-7-2-1-5-14(16)18-20-22-23-21-18/h1-7H,8-12H2,(H,20,21,22,23). The SMILES string of the molecule is Clc1cccc2c1OCCN(CCOc1ccccc1-c1nn[nH]n1)C2. The highest BCUT2D eigenvalue weighted by Gasteiger charge is 2.17. The predicted molar refractivity (Wildman–Crippen MR) is 97.3 cm³/mol. The third-order valence-electron chi connectivity index (χ3n) is 4.23. The first-order valence-corrected chi connectivity index (χ1v) is 8.77. The van der Waals surface area contributed by atoms with Gasteiger partial charge in [-0.05, 0) is 23.4 Å². The number of nitrogens with one attached hydrogen (secondary N) is 1. The van der Waals surface area contributed by atoms with Crippen LogP contribution in [0.1, 0.15) is 5.56 Å². The molecule has 4 rings (SSSR count). The lowest BCUT2D eigenvalue weighted by molar-refractivity contribution is 0.187. The molecule has 8 heteroatoms. The Bertz CT molecular complexity index is 872. The molecule has 26 heavy (non-hydrogen) atoms. The van der Waals surface area contributed by atoms with E-state index in [0.29, 0.717) is 24.1 Å². The van der Waals surface area contributed by atoms with E-state index in [2.05, 4.69) is 25.5 Å². The quantitative estimate of drug-likeness (QED) is 0.743. The van der Waals surface area contributed by atoms with Gasteiger partial charge in [0.15, 0.2) is 0 Å². The Balaban J connectivity index is 1.40. The van der Waals surface area contributed by atoms with E-state index in [4.69, 9.17) is 21.1 Å². The van der Waals surface area contributed by atoms with E-state index < -0.39 is 0 Å². The third-order valence-corrected chi connectivity index (χ3v) is 4.53. The van der Waals surface area contributed by atoms with Crippen LogP contribution in [0, 0.1) is 0 Å². The smallest absolute Gasteiger partial charge is 0.208 e. The molecule has 0 bridgehead atoms. The number of H-pyrrole nitrogens is 1. The molecule has 0 unspecified atom stereocenters. The Kier molecular flexibility index (Phi) is 4.99. The van der Waals surface area contributed by atoms with E-state index in [9.17, 15) is 0 Å². The number of hydrogen-bond acceptors (Lipinski definition) is 6. The van der Waals surface area contributed by atoms with Crippen molar-refractivity contribution in [3.63, 3.8) is 0 Å². The van der Waals surface area contributed by atoms with Crippen LogP contribution in [0.4, 0.5) is 0 Å². The Hall–Kier alpha value is -2.64. The first-order valence-electron chi connectivity index (χ1n) is 8.39. The summed E-state index contributed by atoms with van der Waals surface area (Å²) in [5, 5.41) is 14.8. The summed E-state index contributed by atoms with van der Waals surface area (Å²) in [6, 6.07) is 13.5. The zero-order valence-corrected chi connectivity index (χ0v) is 14.8. The number of halogens is 1. The lowest BCUT2D eigenvalue weighted by Crippen LogP contribution is -2.30. The highest BCUT2D eigenvalue weighted by Crippen LogP contribution is 2.31. The summed E-state index contributed by atoms with van der Waals surface area (Å²) >= 11 is 6.23. The fraction of sp³-hybridized carbons (Fsp3) is 0.278. The van der Waals surface area contributed by atoms with Crippen molar-refractivity contribution in [3.8, 4) is 22.9 Å². The molecule has 134 valence electrons. The van der Waals surface area contributed by atoms with Gasteiger partial charge in [0.25, 0.3) is 0 Å². The van der Waals surface area contributed by atoms with Gasteiger partial charge >= 0.3 is 0 Å². The second kappa shape index (κ2) is 7.72. The number of hydrogen-bond donors (Lipinski definition) is 1. The second-order valence-electron chi connectivity index (χ2n) is 5.93. The van der Waals surface area contributed by atoms with Crippen molar-refractivity contribution in [3.05, 3.63) is 53.1 Å². The van der Waals surface area contributed by atoms with E-state index in [1.807, 2.05) is 42.5 Å². The van der Waals surface area contributed by atoms with Gasteiger partial charge in [0, 0.05) is 25.2 Å². The number of ether oxygens (including phenoxy) is 2. The van der Waals surface area contributed by atoms with Crippen LogP contribution >= 0.6 is 11.6 Å². The molecule has 0 aliphatic carbocycles. The van der Waals surface area contributed by atoms with Gasteiger partial charge in [-0.25, -0.2) is 0 Å². The number of para-hydroxylation sites is 2. The zero-order chi connectivity index (χ0) is 17.8.